The third-order valence-electron chi connectivity index (χ3n) is 4.32. The van der Waals surface area contributed by atoms with Crippen LogP contribution in [0.2, 0.25) is 0 Å². The molecule has 3 nitrogen and oxygen atoms in total. The van der Waals surface area contributed by atoms with E-state index in [-0.39, 0.29) is 11.2 Å². The molecule has 0 atom stereocenters. The average Bonchev–Trinajstić information content (AvgIpc) is 3.05. The van der Waals surface area contributed by atoms with Crippen molar-refractivity contribution in [3.63, 3.8) is 0 Å². The van der Waals surface area contributed by atoms with Crippen molar-refractivity contribution in [3.05, 3.63) is 64.7 Å². The van der Waals surface area contributed by atoms with E-state index in [1.54, 1.807) is 6.07 Å². The summed E-state index contributed by atoms with van der Waals surface area (Å²) in [5.74, 6) is -0.329. The molecule has 0 fully saturated rings. The Hall–Kier alpha value is -2.53. The lowest BCUT2D eigenvalue weighted by Crippen LogP contribution is -2.12. The second-order valence-corrected chi connectivity index (χ2v) is 7.10. The highest BCUT2D eigenvalue weighted by atomic mass is 32.1. The zero-order valence-electron chi connectivity index (χ0n) is 13.8. The van der Waals surface area contributed by atoms with E-state index in [0.717, 1.165) is 29.6 Å². The van der Waals surface area contributed by atoms with Gasteiger partial charge in [-0.1, -0.05) is 25.5 Å². The third kappa shape index (κ3) is 2.85. The number of nitrogens with zero attached hydrogens (tertiary/aromatic N) is 2. The number of thiazole rings is 1. The van der Waals surface area contributed by atoms with E-state index < -0.39 is 0 Å². The first-order valence-corrected chi connectivity index (χ1v) is 9.17. The number of benzene rings is 2. The Morgan fingerprint density at radius 2 is 2.04 bits per heavy atom. The van der Waals surface area contributed by atoms with Gasteiger partial charge in [0.15, 0.2) is 5.43 Å². The summed E-state index contributed by atoms with van der Waals surface area (Å²) in [5, 5.41) is 1.25. The van der Waals surface area contributed by atoms with Gasteiger partial charge < -0.3 is 4.57 Å². The fourth-order valence-corrected chi connectivity index (χ4v) is 3.99. The summed E-state index contributed by atoms with van der Waals surface area (Å²) in [6, 6.07) is 12.2. The summed E-state index contributed by atoms with van der Waals surface area (Å²) in [5.41, 5.74) is 2.02. The summed E-state index contributed by atoms with van der Waals surface area (Å²) >= 11 is 1.51. The Balaban J connectivity index is 1.98. The first kappa shape index (κ1) is 16.0. The quantitative estimate of drug-likeness (QED) is 0.505. The minimum absolute atomic E-state index is 0.0956. The molecule has 0 spiro atoms. The van der Waals surface area contributed by atoms with Crippen LogP contribution in [-0.2, 0) is 6.54 Å². The molecule has 2 aromatic heterocycles. The molecule has 4 rings (SSSR count). The van der Waals surface area contributed by atoms with Gasteiger partial charge in [0.05, 0.1) is 21.3 Å². The van der Waals surface area contributed by atoms with Gasteiger partial charge in [-0.05, 0) is 36.8 Å². The number of pyridine rings is 1. The topological polar surface area (TPSA) is 34.9 Å². The molecule has 0 aliphatic carbocycles. The van der Waals surface area contributed by atoms with Crippen molar-refractivity contribution in [2.45, 2.75) is 26.3 Å². The van der Waals surface area contributed by atoms with Gasteiger partial charge in [-0.2, -0.15) is 0 Å². The molecule has 0 aliphatic rings. The first-order valence-electron chi connectivity index (χ1n) is 8.36. The van der Waals surface area contributed by atoms with Crippen LogP contribution >= 0.6 is 11.3 Å². The van der Waals surface area contributed by atoms with Crippen LogP contribution in [0.15, 0.2) is 53.5 Å². The molecule has 0 amide bonds. The lowest BCUT2D eigenvalue weighted by molar-refractivity contribution is 0.621. The molecule has 0 saturated heterocycles. The SMILES string of the molecule is CCCCn1cc(-c2nc3ccccc3s2)c(=O)c2ccc(F)cc21. The molecular weight excluding hydrogens is 335 g/mol. The van der Waals surface area contributed by atoms with Gasteiger partial charge in [0.2, 0.25) is 0 Å². The number of halogens is 1. The fourth-order valence-electron chi connectivity index (χ4n) is 3.02. The number of rotatable bonds is 4. The van der Waals surface area contributed by atoms with Crippen molar-refractivity contribution in [3.8, 4) is 10.6 Å². The monoisotopic (exact) mass is 352 g/mol. The van der Waals surface area contributed by atoms with Gasteiger partial charge in [0.25, 0.3) is 0 Å². The average molecular weight is 352 g/mol. The van der Waals surface area contributed by atoms with Crippen LogP contribution in [-0.4, -0.2) is 9.55 Å². The minimum atomic E-state index is -0.329. The van der Waals surface area contributed by atoms with Crippen LogP contribution in [0.25, 0.3) is 31.7 Å². The molecule has 0 bridgehead atoms. The maximum absolute atomic E-state index is 13.7. The van der Waals surface area contributed by atoms with Crippen LogP contribution in [0, 0.1) is 5.82 Å². The van der Waals surface area contributed by atoms with Gasteiger partial charge in [-0.25, -0.2) is 9.37 Å². The van der Waals surface area contributed by atoms with Gasteiger partial charge in [0.1, 0.15) is 10.8 Å². The maximum atomic E-state index is 13.7. The van der Waals surface area contributed by atoms with E-state index >= 15 is 0 Å². The molecule has 0 aliphatic heterocycles. The van der Waals surface area contributed by atoms with Crippen molar-refractivity contribution in [1.82, 2.24) is 9.55 Å². The Labute approximate surface area is 148 Å². The van der Waals surface area contributed by atoms with Crippen LogP contribution < -0.4 is 5.43 Å². The standard InChI is InChI=1S/C20H17FN2OS/c1-2-3-10-23-12-15(19(24)14-9-8-13(21)11-17(14)23)20-22-16-6-4-5-7-18(16)25-20/h4-9,11-12H,2-3,10H2,1H3. The highest BCUT2D eigenvalue weighted by molar-refractivity contribution is 7.21. The summed E-state index contributed by atoms with van der Waals surface area (Å²) in [4.78, 5) is 17.6. The molecule has 0 radical (unpaired) electrons. The van der Waals surface area contributed by atoms with Gasteiger partial charge in [-0.15, -0.1) is 11.3 Å². The molecular formula is C20H17FN2OS. The number of aromatic nitrogens is 2. The lowest BCUT2D eigenvalue weighted by atomic mass is 10.1. The normalized spacial score (nSPS) is 11.4. The summed E-state index contributed by atoms with van der Waals surface area (Å²) in [6.07, 6.45) is 3.82. The summed E-state index contributed by atoms with van der Waals surface area (Å²) in [7, 11) is 0. The van der Waals surface area contributed by atoms with Gasteiger partial charge in [-0.3, -0.25) is 4.79 Å². The number of para-hydroxylation sites is 1. The van der Waals surface area contributed by atoms with Crippen molar-refractivity contribution in [2.24, 2.45) is 0 Å². The molecule has 0 unspecified atom stereocenters. The number of aryl methyl sites for hydroxylation is 1. The number of fused-ring (bicyclic) bond motifs is 2. The van der Waals surface area contributed by atoms with E-state index in [1.165, 1.54) is 23.5 Å². The van der Waals surface area contributed by atoms with E-state index in [1.807, 2.05) is 35.0 Å². The maximum Gasteiger partial charge on any atom is 0.199 e. The second-order valence-electron chi connectivity index (χ2n) is 6.07. The van der Waals surface area contributed by atoms with Crippen LogP contribution in [0.1, 0.15) is 19.8 Å². The van der Waals surface area contributed by atoms with Crippen molar-refractivity contribution < 1.29 is 4.39 Å². The van der Waals surface area contributed by atoms with Crippen molar-refractivity contribution in [2.75, 3.05) is 0 Å². The predicted octanol–water partition coefficient (Wildman–Crippen LogP) is 5.22. The molecule has 2 aromatic carbocycles. The Morgan fingerprint density at radius 3 is 2.84 bits per heavy atom. The number of unbranched alkanes of at least 4 members (excludes halogenated alkanes) is 1. The first-order chi connectivity index (χ1) is 12.2. The van der Waals surface area contributed by atoms with Crippen LogP contribution in [0.3, 0.4) is 0 Å². The van der Waals surface area contributed by atoms with E-state index in [9.17, 15) is 9.18 Å². The number of hydrogen-bond donors (Lipinski definition) is 0. The summed E-state index contributed by atoms with van der Waals surface area (Å²) < 4.78 is 16.7. The zero-order chi connectivity index (χ0) is 17.4. The van der Waals surface area contributed by atoms with Crippen LogP contribution in [0.5, 0.6) is 0 Å². The lowest BCUT2D eigenvalue weighted by Gasteiger charge is -2.12. The largest absolute Gasteiger partial charge is 0.346 e. The molecule has 25 heavy (non-hydrogen) atoms. The summed E-state index contributed by atoms with van der Waals surface area (Å²) in [6.45, 7) is 2.86. The van der Waals surface area contributed by atoms with E-state index in [0.29, 0.717) is 21.5 Å². The van der Waals surface area contributed by atoms with Crippen LogP contribution in [0.4, 0.5) is 4.39 Å². The third-order valence-corrected chi connectivity index (χ3v) is 5.39. The van der Waals surface area contributed by atoms with Gasteiger partial charge in [0, 0.05) is 18.1 Å². The highest BCUT2D eigenvalue weighted by Gasteiger charge is 2.15. The molecule has 0 N–H and O–H groups in total. The Morgan fingerprint density at radius 1 is 1.20 bits per heavy atom. The second kappa shape index (κ2) is 6.41. The van der Waals surface area contributed by atoms with Crippen molar-refractivity contribution in [1.29, 1.82) is 0 Å². The molecule has 4 aromatic rings. The van der Waals surface area contributed by atoms with Gasteiger partial charge >= 0.3 is 0 Å². The molecule has 126 valence electrons. The zero-order valence-corrected chi connectivity index (χ0v) is 14.6. The minimum Gasteiger partial charge on any atom is -0.346 e. The number of hydrogen-bond acceptors (Lipinski definition) is 3. The Bertz CT molecular complexity index is 1100. The fraction of sp³-hybridized carbons (Fsp3) is 0.200. The molecule has 2 heterocycles. The van der Waals surface area contributed by atoms with E-state index in [2.05, 4.69) is 11.9 Å². The molecule has 0 saturated carbocycles. The Kier molecular flexibility index (Phi) is 4.09. The molecule has 5 heteroatoms. The van der Waals surface area contributed by atoms with Crippen molar-refractivity contribution >= 4 is 32.5 Å². The highest BCUT2D eigenvalue weighted by Crippen LogP contribution is 2.29. The smallest absolute Gasteiger partial charge is 0.199 e. The predicted molar refractivity (Wildman–Crippen MR) is 102 cm³/mol. The van der Waals surface area contributed by atoms with E-state index in [4.69, 9.17) is 0 Å².